The van der Waals surface area contributed by atoms with Crippen LogP contribution in [0.2, 0.25) is 0 Å². The topological polar surface area (TPSA) is 95.2 Å². The molecule has 0 radical (unpaired) electrons. The lowest BCUT2D eigenvalue weighted by molar-refractivity contribution is -0.388. The van der Waals surface area contributed by atoms with Crippen molar-refractivity contribution >= 4 is 16.5 Å². The van der Waals surface area contributed by atoms with Gasteiger partial charge in [0.15, 0.2) is 0 Å². The summed E-state index contributed by atoms with van der Waals surface area (Å²) in [6.07, 6.45) is 1.46. The van der Waals surface area contributed by atoms with Gasteiger partial charge in [-0.15, -0.1) is 0 Å². The first-order valence-electron chi connectivity index (χ1n) is 5.15. The second-order valence-corrected chi connectivity index (χ2v) is 4.71. The van der Waals surface area contributed by atoms with Crippen LogP contribution in [0.1, 0.15) is 0 Å². The van der Waals surface area contributed by atoms with Crippen molar-refractivity contribution in [1.82, 2.24) is 9.97 Å². The summed E-state index contributed by atoms with van der Waals surface area (Å²) >= 11 is 0. The van der Waals surface area contributed by atoms with Crippen LogP contribution in [0.15, 0.2) is 46.6 Å². The minimum Gasteiger partial charge on any atom is -0.481 e. The fraction of sp³-hybridized carbons (Fsp3) is 0.0909. The van der Waals surface area contributed by atoms with Gasteiger partial charge in [0.2, 0.25) is 10.9 Å². The highest BCUT2D eigenvalue weighted by Crippen LogP contribution is 2.25. The van der Waals surface area contributed by atoms with Gasteiger partial charge in [-0.3, -0.25) is 10.1 Å². The molecule has 2 rings (SSSR count). The molecule has 1 atom stereocenters. The Kier molecular flexibility index (Phi) is 3.81. The number of aromatic nitrogens is 2. The van der Waals surface area contributed by atoms with E-state index in [2.05, 4.69) is 9.97 Å². The Hall–Kier alpha value is -2.35. The van der Waals surface area contributed by atoms with Crippen molar-refractivity contribution in [3.8, 4) is 5.88 Å². The summed E-state index contributed by atoms with van der Waals surface area (Å²) in [7, 11) is -0.458. The van der Waals surface area contributed by atoms with E-state index in [1.54, 1.807) is 12.1 Å². The van der Waals surface area contributed by atoms with Gasteiger partial charge in [-0.1, -0.05) is 6.07 Å². The smallest absolute Gasteiger partial charge is 0.304 e. The standard InChI is InChI=1S/C11H9N3O4S/c1-18-9-6-5-8(14(15)16)11(13-9)19(17)10-4-2-3-7-12-10/h2-7H,1H3. The fourth-order valence-corrected chi connectivity index (χ4v) is 2.42. The van der Waals surface area contributed by atoms with Gasteiger partial charge in [0, 0.05) is 18.3 Å². The molecular weight excluding hydrogens is 270 g/mol. The molecular formula is C11H9N3O4S. The fourth-order valence-electron chi connectivity index (χ4n) is 1.36. The predicted molar refractivity (Wildman–Crippen MR) is 66.4 cm³/mol. The second kappa shape index (κ2) is 5.53. The summed E-state index contributed by atoms with van der Waals surface area (Å²) in [5.74, 6) is 0.157. The first-order chi connectivity index (χ1) is 9.13. The first kappa shape index (κ1) is 13.1. The highest BCUT2D eigenvalue weighted by Gasteiger charge is 2.23. The third kappa shape index (κ3) is 2.74. The predicted octanol–water partition coefficient (Wildman–Crippen LogP) is 1.56. The van der Waals surface area contributed by atoms with Crippen molar-refractivity contribution in [1.29, 1.82) is 0 Å². The number of nitrogens with zero attached hydrogens (tertiary/aromatic N) is 3. The second-order valence-electron chi connectivity index (χ2n) is 3.37. The van der Waals surface area contributed by atoms with Gasteiger partial charge in [-0.25, -0.2) is 9.19 Å². The van der Waals surface area contributed by atoms with E-state index in [1.807, 2.05) is 0 Å². The Morgan fingerprint density at radius 3 is 2.68 bits per heavy atom. The number of ether oxygens (including phenoxy) is 1. The summed E-state index contributed by atoms with van der Waals surface area (Å²) in [5, 5.41) is 10.9. The summed E-state index contributed by atoms with van der Waals surface area (Å²) < 4.78 is 17.2. The van der Waals surface area contributed by atoms with E-state index in [1.165, 1.54) is 31.5 Å². The maximum absolute atomic E-state index is 12.3. The number of methoxy groups -OCH3 is 1. The van der Waals surface area contributed by atoms with E-state index in [4.69, 9.17) is 4.74 Å². The van der Waals surface area contributed by atoms with Gasteiger partial charge >= 0.3 is 5.69 Å². The van der Waals surface area contributed by atoms with Crippen LogP contribution in [0, 0.1) is 10.1 Å². The van der Waals surface area contributed by atoms with Crippen molar-refractivity contribution in [2.24, 2.45) is 0 Å². The molecule has 2 aromatic rings. The van der Waals surface area contributed by atoms with Crippen LogP contribution in [0.4, 0.5) is 5.69 Å². The first-order valence-corrected chi connectivity index (χ1v) is 6.30. The highest BCUT2D eigenvalue weighted by molar-refractivity contribution is 7.85. The molecule has 2 aromatic heterocycles. The third-order valence-electron chi connectivity index (χ3n) is 2.22. The van der Waals surface area contributed by atoms with Crippen LogP contribution in [0.5, 0.6) is 5.88 Å². The Bertz CT molecular complexity index is 633. The number of nitro groups is 1. The number of hydrogen-bond donors (Lipinski definition) is 0. The van der Waals surface area contributed by atoms with Crippen LogP contribution >= 0.6 is 0 Å². The lowest BCUT2D eigenvalue weighted by Gasteiger charge is -2.04. The average molecular weight is 279 g/mol. The zero-order chi connectivity index (χ0) is 13.8. The zero-order valence-electron chi connectivity index (χ0n) is 9.85. The summed E-state index contributed by atoms with van der Waals surface area (Å²) in [6.45, 7) is 0. The van der Waals surface area contributed by atoms with Gasteiger partial charge in [0.05, 0.1) is 12.0 Å². The van der Waals surface area contributed by atoms with E-state index < -0.39 is 15.7 Å². The number of hydrogen-bond acceptors (Lipinski definition) is 6. The van der Waals surface area contributed by atoms with Crippen molar-refractivity contribution < 1.29 is 13.9 Å². The minimum absolute atomic E-state index is 0.157. The Balaban J connectivity index is 2.54. The van der Waals surface area contributed by atoms with Crippen LogP contribution in [0.3, 0.4) is 0 Å². The maximum atomic E-state index is 12.3. The molecule has 0 bridgehead atoms. The van der Waals surface area contributed by atoms with Crippen LogP contribution < -0.4 is 4.74 Å². The largest absolute Gasteiger partial charge is 0.481 e. The van der Waals surface area contributed by atoms with Gasteiger partial charge in [0.25, 0.3) is 0 Å². The summed E-state index contributed by atoms with van der Waals surface area (Å²) in [6, 6.07) is 7.38. The van der Waals surface area contributed by atoms with Gasteiger partial charge in [0.1, 0.15) is 15.8 Å². The van der Waals surface area contributed by atoms with Crippen LogP contribution in [0.25, 0.3) is 0 Å². The van der Waals surface area contributed by atoms with E-state index in [0.29, 0.717) is 0 Å². The van der Waals surface area contributed by atoms with E-state index in [0.717, 1.165) is 0 Å². The molecule has 0 fully saturated rings. The molecule has 0 aliphatic rings. The molecule has 0 aliphatic carbocycles. The van der Waals surface area contributed by atoms with Gasteiger partial charge in [-0.05, 0) is 12.1 Å². The van der Waals surface area contributed by atoms with E-state index in [-0.39, 0.29) is 21.6 Å². The highest BCUT2D eigenvalue weighted by atomic mass is 32.2. The van der Waals surface area contributed by atoms with E-state index in [9.17, 15) is 14.3 Å². The summed E-state index contributed by atoms with van der Waals surface area (Å²) in [4.78, 5) is 18.1. The van der Waals surface area contributed by atoms with Gasteiger partial charge < -0.3 is 4.74 Å². The Morgan fingerprint density at radius 1 is 1.32 bits per heavy atom. The van der Waals surface area contributed by atoms with Crippen LogP contribution in [-0.2, 0) is 10.8 Å². The number of rotatable bonds is 4. The monoisotopic (exact) mass is 279 g/mol. The molecule has 0 N–H and O–H groups in total. The normalized spacial score (nSPS) is 11.8. The Labute approximate surface area is 110 Å². The van der Waals surface area contributed by atoms with Crippen molar-refractivity contribution in [3.05, 3.63) is 46.6 Å². The zero-order valence-corrected chi connectivity index (χ0v) is 10.7. The van der Waals surface area contributed by atoms with Crippen molar-refractivity contribution in [2.45, 2.75) is 10.1 Å². The molecule has 7 nitrogen and oxygen atoms in total. The molecule has 1 unspecified atom stereocenters. The van der Waals surface area contributed by atoms with Gasteiger partial charge in [-0.2, -0.15) is 4.98 Å². The van der Waals surface area contributed by atoms with Crippen LogP contribution in [-0.4, -0.2) is 26.2 Å². The molecule has 0 saturated heterocycles. The van der Waals surface area contributed by atoms with Crippen molar-refractivity contribution in [2.75, 3.05) is 7.11 Å². The van der Waals surface area contributed by atoms with E-state index >= 15 is 0 Å². The molecule has 0 saturated carbocycles. The molecule has 19 heavy (non-hydrogen) atoms. The Morgan fingerprint density at radius 2 is 2.11 bits per heavy atom. The third-order valence-corrected chi connectivity index (χ3v) is 3.50. The molecule has 0 amide bonds. The lowest BCUT2D eigenvalue weighted by Crippen LogP contribution is -2.04. The molecule has 0 aromatic carbocycles. The minimum atomic E-state index is -1.83. The lowest BCUT2D eigenvalue weighted by atomic mass is 10.4. The molecule has 2 heterocycles. The van der Waals surface area contributed by atoms with Crippen molar-refractivity contribution in [3.63, 3.8) is 0 Å². The molecule has 0 spiro atoms. The molecule has 98 valence electrons. The molecule has 0 aliphatic heterocycles. The summed E-state index contributed by atoms with van der Waals surface area (Å²) in [5.41, 5.74) is -0.329. The maximum Gasteiger partial charge on any atom is 0.304 e. The quantitative estimate of drug-likeness (QED) is 0.622. The average Bonchev–Trinajstić information content (AvgIpc) is 2.46. The molecule has 8 heteroatoms. The number of pyridine rings is 2. The SMILES string of the molecule is COc1ccc([N+](=O)[O-])c(S(=O)c2ccccn2)n1.